The molecule has 0 fully saturated rings. The zero-order valence-electron chi connectivity index (χ0n) is 17.2. The predicted molar refractivity (Wildman–Crippen MR) is 131 cm³/mol. The number of fused-ring (bicyclic) bond motifs is 1. The number of nitriles is 1. The van der Waals surface area contributed by atoms with Gasteiger partial charge in [0.05, 0.1) is 34.8 Å². The van der Waals surface area contributed by atoms with E-state index in [4.69, 9.17) is 10.5 Å². The lowest BCUT2D eigenvalue weighted by Crippen LogP contribution is -2.40. The fourth-order valence-corrected chi connectivity index (χ4v) is 5.58. The highest BCUT2D eigenvalue weighted by Crippen LogP contribution is 2.38. The van der Waals surface area contributed by atoms with Crippen molar-refractivity contribution in [1.29, 1.82) is 5.26 Å². The van der Waals surface area contributed by atoms with Gasteiger partial charge in [0.2, 0.25) is 0 Å². The Morgan fingerprint density at radius 3 is 2.50 bits per heavy atom. The zero-order chi connectivity index (χ0) is 24.7. The molecule has 3 aromatic rings. The van der Waals surface area contributed by atoms with E-state index in [1.165, 1.54) is 42.5 Å². The van der Waals surface area contributed by atoms with Crippen molar-refractivity contribution in [3.63, 3.8) is 0 Å². The average molecular weight is 609 g/mol. The number of aromatic nitrogens is 1. The summed E-state index contributed by atoms with van der Waals surface area (Å²) in [5.74, 6) is -3.56. The Bertz CT molecular complexity index is 1620. The molecule has 2 aromatic carbocycles. The van der Waals surface area contributed by atoms with E-state index >= 15 is 0 Å². The third kappa shape index (κ3) is 4.02. The number of halogens is 4. The summed E-state index contributed by atoms with van der Waals surface area (Å²) >= 11 is 7.40. The third-order valence-electron chi connectivity index (χ3n) is 5.19. The monoisotopic (exact) mass is 607 g/mol. The number of benzene rings is 2. The number of allylic oxidation sites excluding steroid dienone is 1. The van der Waals surface area contributed by atoms with Gasteiger partial charge in [-0.1, -0.05) is 31.9 Å². The van der Waals surface area contributed by atoms with Gasteiger partial charge in [-0.15, -0.1) is 11.3 Å². The van der Waals surface area contributed by atoms with E-state index in [1.807, 2.05) is 6.07 Å². The molecular formula is C23H13Br2F2N3O3S. The van der Waals surface area contributed by atoms with Crippen LogP contribution in [0.3, 0.4) is 0 Å². The first-order valence-electron chi connectivity index (χ1n) is 9.54. The Morgan fingerprint density at radius 1 is 1.21 bits per heavy atom. The molecule has 1 atom stereocenters. The maximum Gasteiger partial charge on any atom is 0.337 e. The largest absolute Gasteiger partial charge is 0.466 e. The van der Waals surface area contributed by atoms with Gasteiger partial charge < -0.3 is 10.5 Å². The highest BCUT2D eigenvalue weighted by Gasteiger charge is 2.37. The summed E-state index contributed by atoms with van der Waals surface area (Å²) in [5.41, 5.74) is 5.38. The standard InChI is InChI=1S/C23H13Br2F2N3O3S/c1-33-23(32)19-18(13-8-12(25)3-5-16(13)27)14(9-28)20(29)30-21(31)17(34-22(19)30)7-10-6-11(24)2-4-15(10)26/h2-8,18H,29H2,1H3. The minimum atomic E-state index is -1.22. The number of thiazole rings is 1. The summed E-state index contributed by atoms with van der Waals surface area (Å²) in [7, 11) is 1.14. The van der Waals surface area contributed by atoms with E-state index in [-0.39, 0.29) is 37.3 Å². The lowest BCUT2D eigenvalue weighted by molar-refractivity contribution is -0.134. The summed E-state index contributed by atoms with van der Waals surface area (Å²) < 4.78 is 36.4. The maximum atomic E-state index is 14.9. The van der Waals surface area contributed by atoms with Crippen LogP contribution in [0.15, 0.2) is 55.7 Å². The summed E-state index contributed by atoms with van der Waals surface area (Å²) in [6.45, 7) is 0. The number of ether oxygens (including phenoxy) is 1. The van der Waals surface area contributed by atoms with Crippen LogP contribution in [0.4, 0.5) is 8.78 Å². The maximum absolute atomic E-state index is 14.9. The quantitative estimate of drug-likeness (QED) is 0.460. The fourth-order valence-electron chi connectivity index (χ4n) is 3.67. The van der Waals surface area contributed by atoms with E-state index in [9.17, 15) is 23.6 Å². The van der Waals surface area contributed by atoms with Crippen LogP contribution in [0.25, 0.3) is 17.5 Å². The van der Waals surface area contributed by atoms with Gasteiger partial charge in [-0.2, -0.15) is 5.26 Å². The van der Waals surface area contributed by atoms with E-state index < -0.39 is 29.1 Å². The second kappa shape index (κ2) is 9.29. The number of nitrogens with zero attached hydrogens (tertiary/aromatic N) is 2. The van der Waals surface area contributed by atoms with Crippen LogP contribution in [0.2, 0.25) is 0 Å². The van der Waals surface area contributed by atoms with Gasteiger partial charge in [-0.25, -0.2) is 13.6 Å². The lowest BCUT2D eigenvalue weighted by Gasteiger charge is -2.24. The van der Waals surface area contributed by atoms with Crippen LogP contribution < -0.4 is 20.5 Å². The van der Waals surface area contributed by atoms with Gasteiger partial charge in [0.25, 0.3) is 5.56 Å². The molecule has 0 saturated heterocycles. The number of rotatable bonds is 3. The molecule has 0 amide bonds. The molecule has 172 valence electrons. The van der Waals surface area contributed by atoms with Gasteiger partial charge in [0.15, 0.2) is 0 Å². The van der Waals surface area contributed by atoms with Crippen molar-refractivity contribution in [2.75, 3.05) is 7.11 Å². The van der Waals surface area contributed by atoms with Crippen LogP contribution in [0.5, 0.6) is 0 Å². The van der Waals surface area contributed by atoms with Gasteiger partial charge in [0, 0.05) is 20.1 Å². The number of methoxy groups -OCH3 is 1. The molecule has 6 nitrogen and oxygen atoms in total. The van der Waals surface area contributed by atoms with Crippen LogP contribution >= 0.6 is 43.2 Å². The van der Waals surface area contributed by atoms with Gasteiger partial charge >= 0.3 is 5.97 Å². The molecule has 1 unspecified atom stereocenters. The third-order valence-corrected chi connectivity index (χ3v) is 7.28. The zero-order valence-corrected chi connectivity index (χ0v) is 21.2. The second-order valence-electron chi connectivity index (χ2n) is 7.14. The van der Waals surface area contributed by atoms with Crippen molar-refractivity contribution < 1.29 is 18.3 Å². The fraction of sp³-hybridized carbons (Fsp3) is 0.0870. The summed E-state index contributed by atoms with van der Waals surface area (Å²) in [4.78, 5) is 26.1. The van der Waals surface area contributed by atoms with Crippen molar-refractivity contribution in [3.8, 4) is 6.07 Å². The normalized spacial score (nSPS) is 15.8. The van der Waals surface area contributed by atoms with E-state index in [2.05, 4.69) is 31.9 Å². The Balaban J connectivity index is 2.15. The first-order valence-corrected chi connectivity index (χ1v) is 11.9. The van der Waals surface area contributed by atoms with Crippen LogP contribution in [-0.2, 0) is 9.53 Å². The summed E-state index contributed by atoms with van der Waals surface area (Å²) in [6.07, 6.45) is 1.32. The highest BCUT2D eigenvalue weighted by atomic mass is 79.9. The molecule has 0 bridgehead atoms. The topological polar surface area (TPSA) is 98.1 Å². The average Bonchev–Trinajstić information content (AvgIpc) is 3.13. The highest BCUT2D eigenvalue weighted by molar-refractivity contribution is 9.10. The first-order chi connectivity index (χ1) is 16.2. The molecule has 4 rings (SSSR count). The van der Waals surface area contributed by atoms with Crippen molar-refractivity contribution in [2.45, 2.75) is 5.92 Å². The Kier molecular flexibility index (Phi) is 6.58. The number of hydrogen-bond acceptors (Lipinski definition) is 6. The van der Waals surface area contributed by atoms with E-state index in [0.29, 0.717) is 8.95 Å². The van der Waals surface area contributed by atoms with E-state index in [0.717, 1.165) is 23.0 Å². The van der Waals surface area contributed by atoms with E-state index in [1.54, 1.807) is 0 Å². The molecule has 0 saturated carbocycles. The van der Waals surface area contributed by atoms with Crippen LogP contribution in [0.1, 0.15) is 17.0 Å². The molecule has 34 heavy (non-hydrogen) atoms. The Hall–Kier alpha value is -3.07. The van der Waals surface area contributed by atoms with Crippen molar-refractivity contribution in [2.24, 2.45) is 5.73 Å². The molecule has 2 N–H and O–H groups in total. The Labute approximate surface area is 212 Å². The van der Waals surface area contributed by atoms with Gasteiger partial charge in [-0.05, 0) is 42.5 Å². The molecular weight excluding hydrogens is 596 g/mol. The smallest absolute Gasteiger partial charge is 0.337 e. The Morgan fingerprint density at radius 2 is 1.85 bits per heavy atom. The van der Waals surface area contributed by atoms with Gasteiger partial charge in [0.1, 0.15) is 22.1 Å². The molecule has 0 spiro atoms. The van der Waals surface area contributed by atoms with Crippen molar-refractivity contribution in [1.82, 2.24) is 4.57 Å². The molecule has 2 heterocycles. The molecule has 1 aromatic heterocycles. The summed E-state index contributed by atoms with van der Waals surface area (Å²) in [5, 5.41) is 9.89. The minimum absolute atomic E-state index is 0.00457. The van der Waals surface area contributed by atoms with Crippen LogP contribution in [0, 0.1) is 23.0 Å². The number of nitrogens with two attached hydrogens (primary N) is 1. The second-order valence-corrected chi connectivity index (χ2v) is 10.00. The molecule has 1 aliphatic rings. The first kappa shape index (κ1) is 24.1. The number of esters is 1. The molecule has 1 aliphatic heterocycles. The summed E-state index contributed by atoms with van der Waals surface area (Å²) in [6, 6.07) is 10.2. The molecule has 11 heteroatoms. The number of carbonyl (C=O) groups excluding carboxylic acids is 1. The minimum Gasteiger partial charge on any atom is -0.466 e. The number of carbonyl (C=O) groups is 1. The van der Waals surface area contributed by atoms with Crippen molar-refractivity contribution in [3.05, 3.63) is 93.2 Å². The van der Waals surface area contributed by atoms with Gasteiger partial charge in [-0.3, -0.25) is 9.36 Å². The number of hydrogen-bond donors (Lipinski definition) is 1. The SMILES string of the molecule is COC(=O)C1=c2sc(=Cc3cc(Br)ccc3F)c(=O)n2C(N)=C(C#N)C1c1cc(Br)ccc1F. The molecule has 0 aliphatic carbocycles. The lowest BCUT2D eigenvalue weighted by atomic mass is 9.83. The van der Waals surface area contributed by atoms with Crippen molar-refractivity contribution >= 4 is 66.6 Å². The van der Waals surface area contributed by atoms with Crippen LogP contribution in [-0.4, -0.2) is 17.6 Å². The molecule has 0 radical (unpaired) electrons. The predicted octanol–water partition coefficient (Wildman–Crippen LogP) is 3.31.